The molecule has 3 aromatic rings. The van der Waals surface area contributed by atoms with Crippen LogP contribution < -0.4 is 18.9 Å². The van der Waals surface area contributed by atoms with E-state index in [0.29, 0.717) is 65.9 Å². The van der Waals surface area contributed by atoms with E-state index in [1.54, 1.807) is 73.7 Å². The lowest BCUT2D eigenvalue weighted by molar-refractivity contribution is -0.137. The Kier molecular flexibility index (Phi) is 16.2. The van der Waals surface area contributed by atoms with Gasteiger partial charge in [-0.05, 0) is 124 Å². The SMILES string of the molecule is C=CC(=O)CCCCCCOc1ccc(C(=O)Oc2ccc(OC(=O)c3ccc(OCCCCCCOC(=O)C=C)cc3)cc2C)cc1. The Morgan fingerprint density at radius 3 is 1.60 bits per heavy atom. The van der Waals surface area contributed by atoms with Gasteiger partial charge in [0.2, 0.25) is 0 Å². The third kappa shape index (κ3) is 13.7. The lowest BCUT2D eigenvalue weighted by Crippen LogP contribution is -2.10. The molecule has 9 heteroatoms. The van der Waals surface area contributed by atoms with E-state index in [2.05, 4.69) is 13.2 Å². The average Bonchev–Trinajstić information content (AvgIpc) is 3.10. The summed E-state index contributed by atoms with van der Waals surface area (Å²) in [6, 6.07) is 18.3. The summed E-state index contributed by atoms with van der Waals surface area (Å²) in [6.45, 7) is 10.1. The van der Waals surface area contributed by atoms with Gasteiger partial charge >= 0.3 is 17.9 Å². The second-order valence-corrected chi connectivity index (χ2v) is 11.1. The molecule has 0 amide bonds. The summed E-state index contributed by atoms with van der Waals surface area (Å²) in [6.07, 6.45) is 10.2. The van der Waals surface area contributed by atoms with E-state index < -0.39 is 17.9 Å². The molecule has 0 spiro atoms. The number of ether oxygens (including phenoxy) is 5. The molecule has 0 saturated carbocycles. The molecular weight excluding hydrogens is 612 g/mol. The van der Waals surface area contributed by atoms with E-state index in [1.165, 1.54) is 6.08 Å². The molecule has 9 nitrogen and oxygen atoms in total. The molecule has 0 aliphatic heterocycles. The van der Waals surface area contributed by atoms with Crippen molar-refractivity contribution in [2.24, 2.45) is 0 Å². The fourth-order valence-electron chi connectivity index (χ4n) is 4.53. The van der Waals surface area contributed by atoms with Crippen LogP contribution in [0, 0.1) is 6.92 Å². The first-order chi connectivity index (χ1) is 23.3. The zero-order valence-corrected chi connectivity index (χ0v) is 27.6. The van der Waals surface area contributed by atoms with Crippen LogP contribution in [0.5, 0.6) is 23.0 Å². The van der Waals surface area contributed by atoms with Gasteiger partial charge in [0.25, 0.3) is 0 Å². The van der Waals surface area contributed by atoms with Crippen molar-refractivity contribution in [3.05, 3.63) is 109 Å². The first-order valence-electron chi connectivity index (χ1n) is 16.2. The topological polar surface area (TPSA) is 114 Å². The van der Waals surface area contributed by atoms with E-state index in [9.17, 15) is 19.2 Å². The highest BCUT2D eigenvalue weighted by Crippen LogP contribution is 2.26. The van der Waals surface area contributed by atoms with Gasteiger partial charge < -0.3 is 23.7 Å². The van der Waals surface area contributed by atoms with Crippen LogP contribution in [0.3, 0.4) is 0 Å². The molecule has 0 fully saturated rings. The quantitative estimate of drug-likeness (QED) is 0.0457. The maximum Gasteiger partial charge on any atom is 0.343 e. The van der Waals surface area contributed by atoms with Gasteiger partial charge in [-0.15, -0.1) is 0 Å². The van der Waals surface area contributed by atoms with Gasteiger partial charge in [-0.3, -0.25) is 4.79 Å². The van der Waals surface area contributed by atoms with Gasteiger partial charge in [0.05, 0.1) is 30.9 Å². The van der Waals surface area contributed by atoms with Crippen LogP contribution in [-0.4, -0.2) is 43.5 Å². The number of allylic oxidation sites excluding steroid dienone is 1. The van der Waals surface area contributed by atoms with Crippen LogP contribution >= 0.6 is 0 Å². The molecule has 0 aliphatic carbocycles. The molecule has 3 rings (SSSR count). The van der Waals surface area contributed by atoms with Crippen LogP contribution in [-0.2, 0) is 14.3 Å². The van der Waals surface area contributed by atoms with Gasteiger partial charge in [-0.2, -0.15) is 0 Å². The molecule has 0 bridgehead atoms. The van der Waals surface area contributed by atoms with Crippen LogP contribution in [0.2, 0.25) is 0 Å². The summed E-state index contributed by atoms with van der Waals surface area (Å²) in [4.78, 5) is 47.7. The van der Waals surface area contributed by atoms with Crippen molar-refractivity contribution in [1.29, 1.82) is 0 Å². The Morgan fingerprint density at radius 2 is 1.08 bits per heavy atom. The number of carbonyl (C=O) groups excluding carboxylic acids is 4. The van der Waals surface area contributed by atoms with Crippen LogP contribution in [0.1, 0.15) is 84.1 Å². The Morgan fingerprint density at radius 1 is 0.583 bits per heavy atom. The molecule has 0 heterocycles. The minimum atomic E-state index is -0.523. The molecule has 0 atom stereocenters. The van der Waals surface area contributed by atoms with Gasteiger partial charge in [0, 0.05) is 12.5 Å². The number of aryl methyl sites for hydroxylation is 1. The molecule has 0 N–H and O–H groups in total. The summed E-state index contributed by atoms with van der Waals surface area (Å²) in [5.41, 5.74) is 1.37. The van der Waals surface area contributed by atoms with Crippen molar-refractivity contribution in [2.45, 2.75) is 64.7 Å². The van der Waals surface area contributed by atoms with Crippen molar-refractivity contribution in [1.82, 2.24) is 0 Å². The first-order valence-corrected chi connectivity index (χ1v) is 16.2. The monoisotopic (exact) mass is 656 g/mol. The summed E-state index contributed by atoms with van der Waals surface area (Å²) in [7, 11) is 0. The number of rotatable bonds is 22. The fourth-order valence-corrected chi connectivity index (χ4v) is 4.53. The van der Waals surface area contributed by atoms with E-state index in [-0.39, 0.29) is 5.78 Å². The van der Waals surface area contributed by atoms with Gasteiger partial charge in [0.1, 0.15) is 23.0 Å². The standard InChI is InChI=1S/C39H44O9/c1-4-32(40)14-10-6-7-11-25-44-34-21-17-31(18-22-34)39(43)48-36-24-23-35(28-29(36)3)47-38(42)30-15-19-33(20-16-30)45-26-12-8-9-13-27-46-37(41)5-2/h4-5,15-24,28H,1-2,6-14,25-27H2,3H3. The molecule has 0 radical (unpaired) electrons. The van der Waals surface area contributed by atoms with E-state index in [4.69, 9.17) is 23.7 Å². The van der Waals surface area contributed by atoms with Gasteiger partial charge in [-0.1, -0.05) is 26.0 Å². The normalized spacial score (nSPS) is 10.4. The molecule has 0 saturated heterocycles. The molecule has 0 aromatic heterocycles. The predicted octanol–water partition coefficient (Wildman–Crippen LogP) is 8.19. The average molecular weight is 657 g/mol. The van der Waals surface area contributed by atoms with Crippen molar-refractivity contribution in [3.8, 4) is 23.0 Å². The fraction of sp³-hybridized carbons (Fsp3) is 0.333. The Bertz CT molecular complexity index is 1510. The Hall–Kier alpha value is -5.18. The minimum absolute atomic E-state index is 0.0757. The van der Waals surface area contributed by atoms with Crippen LogP contribution in [0.4, 0.5) is 0 Å². The number of carbonyl (C=O) groups is 4. The lowest BCUT2D eigenvalue weighted by atomic mass is 10.1. The van der Waals surface area contributed by atoms with Crippen molar-refractivity contribution >= 4 is 23.7 Å². The third-order valence-corrected chi connectivity index (χ3v) is 7.27. The van der Waals surface area contributed by atoms with Crippen molar-refractivity contribution in [2.75, 3.05) is 19.8 Å². The second-order valence-electron chi connectivity index (χ2n) is 11.1. The molecule has 3 aromatic carbocycles. The van der Waals surface area contributed by atoms with Gasteiger partial charge in [0.15, 0.2) is 5.78 Å². The number of esters is 3. The summed E-state index contributed by atoms with van der Waals surface area (Å²) in [5, 5.41) is 0. The smallest absolute Gasteiger partial charge is 0.343 e. The zero-order valence-electron chi connectivity index (χ0n) is 27.6. The summed E-state index contributed by atoms with van der Waals surface area (Å²) >= 11 is 0. The van der Waals surface area contributed by atoms with E-state index in [0.717, 1.165) is 57.4 Å². The van der Waals surface area contributed by atoms with Gasteiger partial charge in [-0.25, -0.2) is 14.4 Å². The Balaban J connectivity index is 1.37. The lowest BCUT2D eigenvalue weighted by Gasteiger charge is -2.11. The second kappa shape index (κ2) is 20.8. The van der Waals surface area contributed by atoms with E-state index in [1.807, 2.05) is 0 Å². The number of unbranched alkanes of at least 4 members (excludes halogenated alkanes) is 6. The van der Waals surface area contributed by atoms with E-state index >= 15 is 0 Å². The third-order valence-electron chi connectivity index (χ3n) is 7.27. The summed E-state index contributed by atoms with van der Waals surface area (Å²) in [5.74, 6) is 0.618. The molecule has 0 unspecified atom stereocenters. The highest BCUT2D eigenvalue weighted by Gasteiger charge is 2.14. The largest absolute Gasteiger partial charge is 0.494 e. The number of benzene rings is 3. The molecule has 0 aliphatic rings. The number of hydrogen-bond donors (Lipinski definition) is 0. The minimum Gasteiger partial charge on any atom is -0.494 e. The molecule has 254 valence electrons. The highest BCUT2D eigenvalue weighted by atomic mass is 16.5. The summed E-state index contributed by atoms with van der Waals surface area (Å²) < 4.78 is 27.6. The van der Waals surface area contributed by atoms with Crippen molar-refractivity contribution < 1.29 is 42.9 Å². The van der Waals surface area contributed by atoms with Crippen LogP contribution in [0.15, 0.2) is 92.0 Å². The zero-order chi connectivity index (χ0) is 34.6. The number of hydrogen-bond acceptors (Lipinski definition) is 9. The number of ketones is 1. The molecule has 48 heavy (non-hydrogen) atoms. The van der Waals surface area contributed by atoms with Crippen LogP contribution in [0.25, 0.3) is 0 Å². The maximum atomic E-state index is 12.7. The first kappa shape index (κ1) is 37.3. The predicted molar refractivity (Wildman–Crippen MR) is 183 cm³/mol. The molecular formula is C39H44O9. The maximum absolute atomic E-state index is 12.7. The van der Waals surface area contributed by atoms with Crippen molar-refractivity contribution in [3.63, 3.8) is 0 Å². The highest BCUT2D eigenvalue weighted by molar-refractivity contribution is 5.92. The Labute approximate surface area is 282 Å².